The normalized spacial score (nSPS) is 24.2. The van der Waals surface area contributed by atoms with Gasteiger partial charge in [-0.05, 0) is 23.8 Å². The van der Waals surface area contributed by atoms with Gasteiger partial charge in [0, 0.05) is 37.7 Å². The minimum atomic E-state index is -1.10. The minimum absolute atomic E-state index is 0.0306. The number of hydrogen-bond acceptors (Lipinski definition) is 8. The molecule has 0 aliphatic carbocycles. The second kappa shape index (κ2) is 11.1. The van der Waals surface area contributed by atoms with E-state index in [1.807, 2.05) is 36.4 Å². The van der Waals surface area contributed by atoms with Crippen LogP contribution in [-0.4, -0.2) is 81.1 Å². The summed E-state index contributed by atoms with van der Waals surface area (Å²) in [6.07, 6.45) is -1.10. The molecule has 2 aromatic rings. The van der Waals surface area contributed by atoms with Gasteiger partial charge >= 0.3 is 5.97 Å². The van der Waals surface area contributed by atoms with E-state index in [0.717, 1.165) is 5.56 Å². The molecule has 1 fully saturated rings. The molecule has 2 aliphatic heterocycles. The number of hydrogen-bond donors (Lipinski definition) is 2. The van der Waals surface area contributed by atoms with E-state index in [9.17, 15) is 15.0 Å². The van der Waals surface area contributed by atoms with Gasteiger partial charge in [-0.2, -0.15) is 0 Å². The van der Waals surface area contributed by atoms with Crippen LogP contribution in [0.25, 0.3) is 0 Å². The van der Waals surface area contributed by atoms with E-state index in [1.54, 1.807) is 20.3 Å². The molecule has 34 heavy (non-hydrogen) atoms. The highest BCUT2D eigenvalue weighted by Crippen LogP contribution is 2.50. The second-order valence-corrected chi connectivity index (χ2v) is 8.35. The van der Waals surface area contributed by atoms with Gasteiger partial charge in [-0.1, -0.05) is 24.3 Å². The molecule has 2 N–H and O–H groups in total. The van der Waals surface area contributed by atoms with E-state index in [4.69, 9.17) is 23.7 Å². The first kappa shape index (κ1) is 24.3. The highest BCUT2D eigenvalue weighted by Gasteiger charge is 2.48. The highest BCUT2D eigenvalue weighted by atomic mass is 16.7. The Bertz CT molecular complexity index is 966. The second-order valence-electron chi connectivity index (χ2n) is 8.35. The van der Waals surface area contributed by atoms with E-state index in [0.29, 0.717) is 55.7 Å². The molecule has 4 unspecified atom stereocenters. The molecule has 0 bridgehead atoms. The molecule has 0 aromatic heterocycles. The third-order valence-electron chi connectivity index (χ3n) is 6.34. The van der Waals surface area contributed by atoms with Gasteiger partial charge in [-0.15, -0.1) is 0 Å². The maximum atomic E-state index is 12.7. The van der Waals surface area contributed by atoms with Gasteiger partial charge in [0.15, 0.2) is 18.1 Å². The minimum Gasteiger partial charge on any atom is -0.497 e. The summed E-state index contributed by atoms with van der Waals surface area (Å²) in [6, 6.07) is 12.5. The number of carboxylic acid groups (broad SMARTS) is 1. The molecule has 0 amide bonds. The Morgan fingerprint density at radius 3 is 2.62 bits per heavy atom. The van der Waals surface area contributed by atoms with Crippen molar-refractivity contribution in [1.29, 1.82) is 0 Å². The SMILES string of the molecule is COCCOCCN1CC(c2cccc3c2OC(O)CO3)C(C(=O)O)C1c1ccc(OC)cc1. The number of nitrogens with zero attached hydrogens (tertiary/aromatic N) is 1. The maximum Gasteiger partial charge on any atom is 0.309 e. The van der Waals surface area contributed by atoms with E-state index in [2.05, 4.69) is 4.90 Å². The van der Waals surface area contributed by atoms with Crippen LogP contribution in [0.1, 0.15) is 23.1 Å². The number of carboxylic acids is 1. The Morgan fingerprint density at radius 2 is 1.91 bits per heavy atom. The molecule has 2 aliphatic rings. The monoisotopic (exact) mass is 473 g/mol. The van der Waals surface area contributed by atoms with E-state index in [-0.39, 0.29) is 18.6 Å². The van der Waals surface area contributed by atoms with Gasteiger partial charge in [0.05, 0.1) is 32.8 Å². The zero-order valence-electron chi connectivity index (χ0n) is 19.4. The van der Waals surface area contributed by atoms with Crippen molar-refractivity contribution >= 4 is 5.97 Å². The van der Waals surface area contributed by atoms with Gasteiger partial charge in [0.1, 0.15) is 5.75 Å². The first-order valence-electron chi connectivity index (χ1n) is 11.3. The van der Waals surface area contributed by atoms with Crippen molar-refractivity contribution in [3.8, 4) is 17.2 Å². The molecule has 9 heteroatoms. The zero-order chi connectivity index (χ0) is 24.1. The van der Waals surface area contributed by atoms with Crippen LogP contribution in [0.4, 0.5) is 0 Å². The summed E-state index contributed by atoms with van der Waals surface area (Å²) in [6.45, 7) is 2.48. The molecule has 2 heterocycles. The van der Waals surface area contributed by atoms with E-state index < -0.39 is 18.2 Å². The van der Waals surface area contributed by atoms with Gasteiger partial charge in [-0.25, -0.2) is 0 Å². The summed E-state index contributed by atoms with van der Waals surface area (Å²) in [5.74, 6) is -0.410. The fourth-order valence-electron chi connectivity index (χ4n) is 4.80. The standard InChI is InChI=1S/C25H31NO8/c1-30-12-13-32-11-10-26-14-19(18-4-3-5-20-24(18)34-21(27)15-33-20)22(25(28)29)23(26)16-6-8-17(31-2)9-7-16/h3-9,19,21-23,27H,10-15H2,1-2H3,(H,28,29). The number of benzene rings is 2. The van der Waals surface area contributed by atoms with Crippen LogP contribution in [0.5, 0.6) is 17.2 Å². The van der Waals surface area contributed by atoms with Crippen molar-refractivity contribution in [1.82, 2.24) is 4.90 Å². The lowest BCUT2D eigenvalue weighted by molar-refractivity contribution is -0.143. The van der Waals surface area contributed by atoms with Crippen LogP contribution in [0.2, 0.25) is 0 Å². The largest absolute Gasteiger partial charge is 0.497 e. The topological polar surface area (TPSA) is 107 Å². The molecule has 4 atom stereocenters. The van der Waals surface area contributed by atoms with Crippen LogP contribution in [-0.2, 0) is 14.3 Å². The maximum absolute atomic E-state index is 12.7. The summed E-state index contributed by atoms with van der Waals surface area (Å²) >= 11 is 0. The van der Waals surface area contributed by atoms with Crippen LogP contribution in [0.3, 0.4) is 0 Å². The summed E-state index contributed by atoms with van der Waals surface area (Å²) in [5.41, 5.74) is 1.60. The van der Waals surface area contributed by atoms with Crippen LogP contribution < -0.4 is 14.2 Å². The Labute approximate surface area is 198 Å². The van der Waals surface area contributed by atoms with Crippen molar-refractivity contribution in [2.45, 2.75) is 18.2 Å². The average molecular weight is 474 g/mol. The Hall–Kier alpha value is -2.85. The Kier molecular flexibility index (Phi) is 7.89. The number of aliphatic hydroxyl groups is 1. The number of aliphatic hydroxyl groups excluding tert-OH is 1. The van der Waals surface area contributed by atoms with Gasteiger partial charge in [-0.3, -0.25) is 9.69 Å². The number of ether oxygens (including phenoxy) is 5. The number of aliphatic carboxylic acids is 1. The Balaban J connectivity index is 1.68. The number of methoxy groups -OCH3 is 2. The van der Waals surface area contributed by atoms with E-state index in [1.165, 1.54) is 0 Å². The third kappa shape index (κ3) is 5.12. The fourth-order valence-corrected chi connectivity index (χ4v) is 4.80. The fraction of sp³-hybridized carbons (Fsp3) is 0.480. The number of para-hydroxylation sites is 1. The number of rotatable bonds is 10. The number of carbonyl (C=O) groups is 1. The lowest BCUT2D eigenvalue weighted by atomic mass is 9.82. The first-order valence-corrected chi connectivity index (χ1v) is 11.3. The van der Waals surface area contributed by atoms with Crippen molar-refractivity contribution in [2.24, 2.45) is 5.92 Å². The molecular formula is C25H31NO8. The molecule has 0 saturated carbocycles. The third-order valence-corrected chi connectivity index (χ3v) is 6.34. The summed E-state index contributed by atoms with van der Waals surface area (Å²) in [7, 11) is 3.22. The molecule has 4 rings (SSSR count). The molecule has 184 valence electrons. The van der Waals surface area contributed by atoms with Crippen LogP contribution >= 0.6 is 0 Å². The lowest BCUT2D eigenvalue weighted by Gasteiger charge is -2.28. The van der Waals surface area contributed by atoms with Crippen molar-refractivity contribution in [2.75, 3.05) is 53.7 Å². The lowest BCUT2D eigenvalue weighted by Crippen LogP contribution is -2.31. The van der Waals surface area contributed by atoms with Crippen molar-refractivity contribution in [3.05, 3.63) is 53.6 Å². The quantitative estimate of drug-likeness (QED) is 0.503. The van der Waals surface area contributed by atoms with Gasteiger partial charge < -0.3 is 33.9 Å². The Morgan fingerprint density at radius 1 is 1.12 bits per heavy atom. The van der Waals surface area contributed by atoms with E-state index >= 15 is 0 Å². The smallest absolute Gasteiger partial charge is 0.309 e. The molecule has 1 saturated heterocycles. The summed E-state index contributed by atoms with van der Waals surface area (Å²) in [5, 5.41) is 20.4. The summed E-state index contributed by atoms with van der Waals surface area (Å²) < 4.78 is 27.3. The molecular weight excluding hydrogens is 442 g/mol. The van der Waals surface area contributed by atoms with Gasteiger partial charge in [0.25, 0.3) is 0 Å². The molecule has 9 nitrogen and oxygen atoms in total. The van der Waals surface area contributed by atoms with Crippen molar-refractivity contribution in [3.63, 3.8) is 0 Å². The first-order chi connectivity index (χ1) is 16.5. The molecule has 0 spiro atoms. The predicted molar refractivity (Wildman–Crippen MR) is 122 cm³/mol. The highest BCUT2D eigenvalue weighted by molar-refractivity contribution is 5.74. The van der Waals surface area contributed by atoms with Gasteiger partial charge in [0.2, 0.25) is 6.29 Å². The zero-order valence-corrected chi connectivity index (χ0v) is 19.4. The molecule has 0 radical (unpaired) electrons. The average Bonchev–Trinajstić information content (AvgIpc) is 3.23. The molecule has 2 aromatic carbocycles. The number of likely N-dealkylation sites (tertiary alicyclic amines) is 1. The van der Waals surface area contributed by atoms with Crippen LogP contribution in [0.15, 0.2) is 42.5 Å². The number of fused-ring (bicyclic) bond motifs is 1. The van der Waals surface area contributed by atoms with Crippen LogP contribution in [0, 0.1) is 5.92 Å². The summed E-state index contributed by atoms with van der Waals surface area (Å²) in [4.78, 5) is 14.8. The predicted octanol–water partition coefficient (Wildman–Crippen LogP) is 2.29. The van der Waals surface area contributed by atoms with Crippen molar-refractivity contribution < 1.29 is 38.7 Å².